The van der Waals surface area contributed by atoms with Crippen LogP contribution in [0.25, 0.3) is 16.9 Å². The number of benzene rings is 1. The number of methoxy groups -OCH3 is 1. The minimum absolute atomic E-state index is 0.184. The number of carbonyl (C=O) groups excluding carboxylic acids is 1. The normalized spacial score (nSPS) is 16.8. The van der Waals surface area contributed by atoms with Crippen molar-refractivity contribution in [3.63, 3.8) is 0 Å². The third-order valence-corrected chi connectivity index (χ3v) is 5.88. The van der Waals surface area contributed by atoms with Crippen LogP contribution < -0.4 is 0 Å². The number of amides is 1. The number of imidazole rings is 1. The summed E-state index contributed by atoms with van der Waals surface area (Å²) in [6.45, 7) is 5.48. The molecule has 1 aliphatic rings. The number of pyridine rings is 1. The van der Waals surface area contributed by atoms with Crippen molar-refractivity contribution in [2.45, 2.75) is 26.4 Å². The van der Waals surface area contributed by atoms with Gasteiger partial charge in [-0.3, -0.25) is 0 Å². The van der Waals surface area contributed by atoms with Gasteiger partial charge >= 0.3 is 6.09 Å². The number of halogens is 2. The van der Waals surface area contributed by atoms with E-state index in [1.165, 1.54) is 7.11 Å². The second-order valence-electron chi connectivity index (χ2n) is 7.53. The maximum atomic E-state index is 12.0. The van der Waals surface area contributed by atoms with Crippen molar-refractivity contribution in [2.24, 2.45) is 0 Å². The highest BCUT2D eigenvalue weighted by Gasteiger charge is 2.28. The number of rotatable bonds is 3. The van der Waals surface area contributed by atoms with Crippen LogP contribution in [0, 0.1) is 13.8 Å². The molecule has 6 nitrogen and oxygen atoms in total. The van der Waals surface area contributed by atoms with E-state index in [1.54, 1.807) is 4.90 Å². The molecular formula is C22H23Cl2N3O3. The zero-order valence-corrected chi connectivity index (χ0v) is 18.6. The Morgan fingerprint density at radius 1 is 1.30 bits per heavy atom. The molecule has 1 saturated heterocycles. The van der Waals surface area contributed by atoms with Gasteiger partial charge < -0.3 is 18.8 Å². The summed E-state index contributed by atoms with van der Waals surface area (Å²) in [6, 6.07) is 7.70. The van der Waals surface area contributed by atoms with Gasteiger partial charge in [0.15, 0.2) is 0 Å². The Bertz CT molecular complexity index is 1090. The second-order valence-corrected chi connectivity index (χ2v) is 8.38. The SMILES string of the molecule is COC(=O)N1CCO[C@@H](Cc2c(-c3c(C)cc(C)cc3Cl)nc3cc(Cl)ccn23)C1. The van der Waals surface area contributed by atoms with E-state index in [0.717, 1.165) is 33.7 Å². The average Bonchev–Trinajstić information content (AvgIpc) is 3.03. The third-order valence-electron chi connectivity index (χ3n) is 5.35. The van der Waals surface area contributed by atoms with Crippen LogP contribution in [0.1, 0.15) is 16.8 Å². The van der Waals surface area contributed by atoms with Gasteiger partial charge in [-0.15, -0.1) is 0 Å². The Labute approximate surface area is 185 Å². The van der Waals surface area contributed by atoms with Crippen molar-refractivity contribution < 1.29 is 14.3 Å². The smallest absolute Gasteiger partial charge is 0.409 e. The van der Waals surface area contributed by atoms with Crippen LogP contribution >= 0.6 is 23.2 Å². The van der Waals surface area contributed by atoms with Gasteiger partial charge in [0.25, 0.3) is 0 Å². The van der Waals surface area contributed by atoms with Crippen LogP contribution in [0.2, 0.25) is 10.0 Å². The first-order valence-electron chi connectivity index (χ1n) is 9.75. The lowest BCUT2D eigenvalue weighted by Gasteiger charge is -2.32. The fraction of sp³-hybridized carbons (Fsp3) is 0.364. The van der Waals surface area contributed by atoms with Crippen molar-refractivity contribution in [3.05, 3.63) is 57.3 Å². The Kier molecular flexibility index (Phi) is 5.91. The van der Waals surface area contributed by atoms with Gasteiger partial charge in [0.2, 0.25) is 0 Å². The number of aryl methyl sites for hydroxylation is 2. The molecule has 8 heteroatoms. The van der Waals surface area contributed by atoms with E-state index in [2.05, 4.69) is 6.07 Å². The number of morpholine rings is 1. The first-order chi connectivity index (χ1) is 14.4. The molecule has 1 fully saturated rings. The predicted molar refractivity (Wildman–Crippen MR) is 118 cm³/mol. The molecule has 3 aromatic rings. The van der Waals surface area contributed by atoms with Gasteiger partial charge in [0, 0.05) is 35.8 Å². The molecule has 0 radical (unpaired) electrons. The van der Waals surface area contributed by atoms with Crippen LogP contribution in [-0.2, 0) is 15.9 Å². The molecule has 158 valence electrons. The van der Waals surface area contributed by atoms with Gasteiger partial charge in [-0.1, -0.05) is 29.3 Å². The Hall–Kier alpha value is -2.28. The topological polar surface area (TPSA) is 56.1 Å². The van der Waals surface area contributed by atoms with Crippen molar-refractivity contribution >= 4 is 34.9 Å². The lowest BCUT2D eigenvalue weighted by Crippen LogP contribution is -2.46. The van der Waals surface area contributed by atoms with E-state index in [0.29, 0.717) is 36.2 Å². The fourth-order valence-electron chi connectivity index (χ4n) is 4.03. The molecular weight excluding hydrogens is 425 g/mol. The van der Waals surface area contributed by atoms with Gasteiger partial charge in [-0.25, -0.2) is 9.78 Å². The lowest BCUT2D eigenvalue weighted by atomic mass is 9.99. The van der Waals surface area contributed by atoms with Crippen molar-refractivity contribution in [2.75, 3.05) is 26.8 Å². The maximum absolute atomic E-state index is 12.0. The third kappa shape index (κ3) is 4.00. The minimum Gasteiger partial charge on any atom is -0.453 e. The summed E-state index contributed by atoms with van der Waals surface area (Å²) >= 11 is 12.9. The predicted octanol–water partition coefficient (Wildman–Crippen LogP) is 4.93. The quantitative estimate of drug-likeness (QED) is 0.570. The van der Waals surface area contributed by atoms with Gasteiger partial charge in [-0.05, 0) is 37.1 Å². The minimum atomic E-state index is -0.342. The Morgan fingerprint density at radius 3 is 2.83 bits per heavy atom. The largest absolute Gasteiger partial charge is 0.453 e. The molecule has 1 aliphatic heterocycles. The zero-order chi connectivity index (χ0) is 21.4. The van der Waals surface area contributed by atoms with Crippen molar-refractivity contribution in [1.29, 1.82) is 0 Å². The van der Waals surface area contributed by atoms with E-state index in [4.69, 9.17) is 37.7 Å². The van der Waals surface area contributed by atoms with E-state index >= 15 is 0 Å². The first-order valence-corrected chi connectivity index (χ1v) is 10.5. The molecule has 0 unspecified atom stereocenters. The Balaban J connectivity index is 1.79. The summed E-state index contributed by atoms with van der Waals surface area (Å²) in [5.41, 5.74) is 5.56. The summed E-state index contributed by atoms with van der Waals surface area (Å²) in [5, 5.41) is 1.27. The molecule has 30 heavy (non-hydrogen) atoms. The Morgan fingerprint density at radius 2 is 2.10 bits per heavy atom. The van der Waals surface area contributed by atoms with Crippen LogP contribution in [0.5, 0.6) is 0 Å². The summed E-state index contributed by atoms with van der Waals surface area (Å²) in [4.78, 5) is 18.5. The van der Waals surface area contributed by atoms with Crippen LogP contribution in [0.4, 0.5) is 4.79 Å². The van der Waals surface area contributed by atoms with Crippen molar-refractivity contribution in [3.8, 4) is 11.3 Å². The van der Waals surface area contributed by atoms with E-state index in [9.17, 15) is 4.79 Å². The molecule has 1 amide bonds. The van der Waals surface area contributed by atoms with E-state index in [1.807, 2.05) is 42.6 Å². The first kappa shape index (κ1) is 21.0. The molecule has 0 saturated carbocycles. The maximum Gasteiger partial charge on any atom is 0.409 e. The number of carbonyl (C=O) groups is 1. The summed E-state index contributed by atoms with van der Waals surface area (Å²) in [6.07, 6.45) is 1.94. The standard InChI is InChI=1S/C22H23Cl2N3O3/c1-13-8-14(2)20(17(24)9-13)21-18(27-5-4-15(23)10-19(27)25-21)11-16-12-26(6-7-30-16)22(28)29-3/h4-5,8-10,16H,6-7,11-12H2,1-3H3/t16-/m0/s1. The highest BCUT2D eigenvalue weighted by Crippen LogP contribution is 2.35. The molecule has 0 aliphatic carbocycles. The van der Waals surface area contributed by atoms with Gasteiger partial charge in [0.1, 0.15) is 5.65 Å². The number of ether oxygens (including phenoxy) is 2. The summed E-state index contributed by atoms with van der Waals surface area (Å²) < 4.78 is 12.9. The van der Waals surface area contributed by atoms with Crippen LogP contribution in [-0.4, -0.2) is 53.3 Å². The lowest BCUT2D eigenvalue weighted by molar-refractivity contribution is -0.0241. The number of nitrogens with zero attached hydrogens (tertiary/aromatic N) is 3. The average molecular weight is 448 g/mol. The number of hydrogen-bond acceptors (Lipinski definition) is 4. The molecule has 1 aromatic carbocycles. The van der Waals surface area contributed by atoms with E-state index in [-0.39, 0.29) is 12.2 Å². The second kappa shape index (κ2) is 8.46. The summed E-state index contributed by atoms with van der Waals surface area (Å²) in [7, 11) is 1.39. The number of fused-ring (bicyclic) bond motifs is 1. The fourth-order valence-corrected chi connectivity index (χ4v) is 4.60. The molecule has 0 N–H and O–H groups in total. The molecule has 0 bridgehead atoms. The van der Waals surface area contributed by atoms with Crippen LogP contribution in [0.3, 0.4) is 0 Å². The highest BCUT2D eigenvalue weighted by atomic mass is 35.5. The van der Waals surface area contributed by atoms with E-state index < -0.39 is 0 Å². The molecule has 0 spiro atoms. The molecule has 1 atom stereocenters. The van der Waals surface area contributed by atoms with Crippen molar-refractivity contribution in [1.82, 2.24) is 14.3 Å². The highest BCUT2D eigenvalue weighted by molar-refractivity contribution is 6.33. The number of hydrogen-bond donors (Lipinski definition) is 0. The zero-order valence-electron chi connectivity index (χ0n) is 17.1. The summed E-state index contributed by atoms with van der Waals surface area (Å²) in [5.74, 6) is 0. The monoisotopic (exact) mass is 447 g/mol. The number of aromatic nitrogens is 2. The van der Waals surface area contributed by atoms with Gasteiger partial charge in [0.05, 0.1) is 42.8 Å². The molecule has 2 aromatic heterocycles. The molecule has 3 heterocycles. The molecule has 4 rings (SSSR count). The van der Waals surface area contributed by atoms with Gasteiger partial charge in [-0.2, -0.15) is 0 Å². The van der Waals surface area contributed by atoms with Crippen LogP contribution in [0.15, 0.2) is 30.5 Å².